The third-order valence-electron chi connectivity index (χ3n) is 1.34. The van der Waals surface area contributed by atoms with E-state index in [2.05, 4.69) is 0 Å². The summed E-state index contributed by atoms with van der Waals surface area (Å²) in [5, 5.41) is 6.61. The number of carbonyl (C=O) groups excluding carboxylic acids is 1. The molecule has 1 aliphatic carbocycles. The Morgan fingerprint density at radius 1 is 1.75 bits per heavy atom. The predicted octanol–water partition coefficient (Wildman–Crippen LogP) is 1.01. The van der Waals surface area contributed by atoms with Gasteiger partial charge in [0, 0.05) is 18.6 Å². The highest BCUT2D eigenvalue weighted by Crippen LogP contribution is 2.30. The van der Waals surface area contributed by atoms with E-state index in [0.717, 1.165) is 12.8 Å². The molecule has 0 unspecified atom stereocenters. The highest BCUT2D eigenvalue weighted by molar-refractivity contribution is 5.93. The molecular formula is C6H9NO. The Balaban J connectivity index is 2.22. The Kier molecular flexibility index (Phi) is 1.42. The summed E-state index contributed by atoms with van der Waals surface area (Å²) in [4.78, 5) is 10.7. The summed E-state index contributed by atoms with van der Waals surface area (Å²) in [6.07, 6.45) is 3.66. The Morgan fingerprint density at radius 3 is 2.75 bits per heavy atom. The number of hydrogen-bond acceptors (Lipinski definition) is 2. The molecule has 0 aromatic rings. The zero-order chi connectivity index (χ0) is 5.98. The number of rotatable bonds is 3. The SMILES string of the molecule is N=CCC(=O)C1CC1. The van der Waals surface area contributed by atoms with Crippen LogP contribution in [0.25, 0.3) is 0 Å². The molecule has 8 heavy (non-hydrogen) atoms. The van der Waals surface area contributed by atoms with Crippen LogP contribution < -0.4 is 0 Å². The van der Waals surface area contributed by atoms with Crippen molar-refractivity contribution in [2.75, 3.05) is 0 Å². The van der Waals surface area contributed by atoms with E-state index in [0.29, 0.717) is 12.3 Å². The average Bonchev–Trinajstić information content (AvgIpc) is 2.45. The fourth-order valence-corrected chi connectivity index (χ4v) is 0.673. The van der Waals surface area contributed by atoms with E-state index in [-0.39, 0.29) is 5.78 Å². The molecule has 44 valence electrons. The summed E-state index contributed by atoms with van der Waals surface area (Å²) >= 11 is 0. The smallest absolute Gasteiger partial charge is 0.141 e. The van der Waals surface area contributed by atoms with Crippen molar-refractivity contribution in [2.45, 2.75) is 19.3 Å². The molecule has 0 heterocycles. The second-order valence-corrected chi connectivity index (χ2v) is 2.15. The first-order valence-corrected chi connectivity index (χ1v) is 2.86. The molecule has 1 N–H and O–H groups in total. The number of carbonyl (C=O) groups is 1. The van der Waals surface area contributed by atoms with Gasteiger partial charge < -0.3 is 5.41 Å². The summed E-state index contributed by atoms with van der Waals surface area (Å²) < 4.78 is 0. The summed E-state index contributed by atoms with van der Waals surface area (Å²) in [5.74, 6) is 0.580. The van der Waals surface area contributed by atoms with Gasteiger partial charge in [0.05, 0.1) is 0 Å². The van der Waals surface area contributed by atoms with Crippen LogP contribution in [0.5, 0.6) is 0 Å². The van der Waals surface area contributed by atoms with Gasteiger partial charge in [0.2, 0.25) is 0 Å². The minimum absolute atomic E-state index is 0.250. The lowest BCUT2D eigenvalue weighted by Gasteiger charge is -1.85. The molecule has 0 spiro atoms. The van der Waals surface area contributed by atoms with Gasteiger partial charge in [-0.15, -0.1) is 0 Å². The lowest BCUT2D eigenvalue weighted by Crippen LogP contribution is -1.98. The van der Waals surface area contributed by atoms with Crippen LogP contribution in [0.4, 0.5) is 0 Å². The number of hydrogen-bond donors (Lipinski definition) is 1. The minimum Gasteiger partial charge on any atom is -0.313 e. The van der Waals surface area contributed by atoms with Gasteiger partial charge in [0.25, 0.3) is 0 Å². The Morgan fingerprint density at radius 2 is 2.38 bits per heavy atom. The summed E-state index contributed by atoms with van der Waals surface area (Å²) in [6.45, 7) is 0. The molecule has 0 atom stereocenters. The van der Waals surface area contributed by atoms with Gasteiger partial charge in [-0.05, 0) is 12.8 Å². The molecule has 0 aromatic carbocycles. The zero-order valence-corrected chi connectivity index (χ0v) is 4.68. The van der Waals surface area contributed by atoms with Crippen molar-refractivity contribution in [3.63, 3.8) is 0 Å². The molecule has 0 saturated heterocycles. The van der Waals surface area contributed by atoms with E-state index in [1.54, 1.807) is 0 Å². The first-order chi connectivity index (χ1) is 3.84. The van der Waals surface area contributed by atoms with Crippen molar-refractivity contribution in [2.24, 2.45) is 5.92 Å². The van der Waals surface area contributed by atoms with Gasteiger partial charge in [-0.25, -0.2) is 0 Å². The molecule has 1 saturated carbocycles. The third kappa shape index (κ3) is 1.15. The molecule has 1 aliphatic rings. The molecule has 0 aliphatic heterocycles. The van der Waals surface area contributed by atoms with Gasteiger partial charge in [-0.3, -0.25) is 4.79 Å². The van der Waals surface area contributed by atoms with Crippen LogP contribution in [-0.2, 0) is 4.79 Å². The number of nitrogens with one attached hydrogen (secondary N) is 1. The Bertz CT molecular complexity index is 116. The van der Waals surface area contributed by atoms with E-state index >= 15 is 0 Å². The molecule has 2 heteroatoms. The summed E-state index contributed by atoms with van der Waals surface area (Å²) in [5.41, 5.74) is 0. The topological polar surface area (TPSA) is 40.9 Å². The van der Waals surface area contributed by atoms with Crippen LogP contribution in [0.15, 0.2) is 0 Å². The highest BCUT2D eigenvalue weighted by atomic mass is 16.1. The largest absolute Gasteiger partial charge is 0.313 e. The van der Waals surface area contributed by atoms with Crippen LogP contribution in [0.3, 0.4) is 0 Å². The monoisotopic (exact) mass is 111 g/mol. The standard InChI is InChI=1S/C6H9NO/c7-4-3-6(8)5-1-2-5/h4-5,7H,1-3H2. The first-order valence-electron chi connectivity index (χ1n) is 2.86. The lowest BCUT2D eigenvalue weighted by molar-refractivity contribution is -0.119. The molecule has 0 bridgehead atoms. The maximum absolute atomic E-state index is 10.7. The van der Waals surface area contributed by atoms with E-state index in [9.17, 15) is 4.79 Å². The fraction of sp³-hybridized carbons (Fsp3) is 0.667. The van der Waals surface area contributed by atoms with E-state index in [4.69, 9.17) is 5.41 Å². The van der Waals surface area contributed by atoms with Crippen LogP contribution in [0.1, 0.15) is 19.3 Å². The molecular weight excluding hydrogens is 102 g/mol. The van der Waals surface area contributed by atoms with E-state index in [1.807, 2.05) is 0 Å². The molecule has 1 fully saturated rings. The van der Waals surface area contributed by atoms with Crippen LogP contribution in [-0.4, -0.2) is 12.0 Å². The second-order valence-electron chi connectivity index (χ2n) is 2.15. The Hall–Kier alpha value is -0.660. The van der Waals surface area contributed by atoms with Crippen LogP contribution in [0.2, 0.25) is 0 Å². The van der Waals surface area contributed by atoms with Crippen molar-refractivity contribution in [3.05, 3.63) is 0 Å². The number of ketones is 1. The number of Topliss-reactive ketones (excluding diaryl/α,β-unsaturated/α-hetero) is 1. The van der Waals surface area contributed by atoms with Crippen molar-refractivity contribution < 1.29 is 4.79 Å². The average molecular weight is 111 g/mol. The Labute approximate surface area is 48.4 Å². The van der Waals surface area contributed by atoms with Crippen LogP contribution in [0, 0.1) is 11.3 Å². The quantitative estimate of drug-likeness (QED) is 0.542. The summed E-state index contributed by atoms with van der Waals surface area (Å²) in [6, 6.07) is 0. The molecule has 0 radical (unpaired) electrons. The predicted molar refractivity (Wildman–Crippen MR) is 31.1 cm³/mol. The normalized spacial score (nSPS) is 18.0. The minimum atomic E-state index is 0.250. The maximum atomic E-state index is 10.7. The second kappa shape index (κ2) is 2.07. The zero-order valence-electron chi connectivity index (χ0n) is 4.68. The molecule has 0 amide bonds. The van der Waals surface area contributed by atoms with Gasteiger partial charge in [-0.1, -0.05) is 0 Å². The van der Waals surface area contributed by atoms with Gasteiger partial charge >= 0.3 is 0 Å². The van der Waals surface area contributed by atoms with Crippen molar-refractivity contribution in [1.82, 2.24) is 0 Å². The summed E-state index contributed by atoms with van der Waals surface area (Å²) in [7, 11) is 0. The van der Waals surface area contributed by atoms with Crippen LogP contribution >= 0.6 is 0 Å². The molecule has 0 aromatic heterocycles. The van der Waals surface area contributed by atoms with Crippen molar-refractivity contribution in [3.8, 4) is 0 Å². The van der Waals surface area contributed by atoms with E-state index < -0.39 is 0 Å². The van der Waals surface area contributed by atoms with E-state index in [1.165, 1.54) is 6.21 Å². The maximum Gasteiger partial charge on any atom is 0.141 e. The van der Waals surface area contributed by atoms with Gasteiger partial charge in [0.1, 0.15) is 5.78 Å². The fourth-order valence-electron chi connectivity index (χ4n) is 0.673. The van der Waals surface area contributed by atoms with Crippen molar-refractivity contribution >= 4 is 12.0 Å². The first kappa shape index (κ1) is 5.48. The van der Waals surface area contributed by atoms with Crippen molar-refractivity contribution in [1.29, 1.82) is 5.41 Å². The molecule has 1 rings (SSSR count). The third-order valence-corrected chi connectivity index (χ3v) is 1.34. The van der Waals surface area contributed by atoms with Gasteiger partial charge in [-0.2, -0.15) is 0 Å². The molecule has 2 nitrogen and oxygen atoms in total. The highest BCUT2D eigenvalue weighted by Gasteiger charge is 2.27. The lowest BCUT2D eigenvalue weighted by atomic mass is 10.2. The van der Waals surface area contributed by atoms with Gasteiger partial charge in [0.15, 0.2) is 0 Å².